The molecule has 2 rings (SSSR count). The topological polar surface area (TPSA) is 34.1 Å². The van der Waals surface area contributed by atoms with Gasteiger partial charge in [0.05, 0.1) is 6.20 Å². The third kappa shape index (κ3) is 3.05. The molecule has 0 saturated heterocycles. The van der Waals surface area contributed by atoms with Gasteiger partial charge in [-0.1, -0.05) is 13.0 Å². The van der Waals surface area contributed by atoms with Crippen LogP contribution in [0.2, 0.25) is 0 Å². The Kier molecular flexibility index (Phi) is 4.25. The first kappa shape index (κ1) is 12.5. The lowest BCUT2D eigenvalue weighted by atomic mass is 10.2. The summed E-state index contributed by atoms with van der Waals surface area (Å²) in [6.07, 6.45) is 3.26. The van der Waals surface area contributed by atoms with Gasteiger partial charge in [-0.15, -0.1) is 0 Å². The molecule has 1 aromatic heterocycles. The Hall–Kier alpha value is -1.94. The van der Waals surface area contributed by atoms with E-state index in [1.165, 1.54) is 6.07 Å². The maximum absolute atomic E-state index is 13.7. The Balaban J connectivity index is 2.24. The molecule has 0 aliphatic carbocycles. The second kappa shape index (κ2) is 6.12. The molecule has 0 atom stereocenters. The molecule has 1 heterocycles. The molecule has 2 aromatic rings. The molecule has 0 unspecified atom stereocenters. The summed E-state index contributed by atoms with van der Waals surface area (Å²) in [7, 11) is 0. The Morgan fingerprint density at radius 2 is 2.17 bits per heavy atom. The van der Waals surface area contributed by atoms with Crippen LogP contribution in [0.3, 0.4) is 0 Å². The van der Waals surface area contributed by atoms with Crippen molar-refractivity contribution in [2.45, 2.75) is 13.5 Å². The highest BCUT2D eigenvalue weighted by Crippen LogP contribution is 2.26. The monoisotopic (exact) mass is 246 g/mol. The van der Waals surface area contributed by atoms with Crippen LogP contribution in [0.5, 0.6) is 11.5 Å². The smallest absolute Gasteiger partial charge is 0.145 e. The number of rotatable bonds is 5. The standard InChI is InChI=1S/C14H15FN2O/c1-2-16-10-12-13(15)6-3-7-14(12)18-11-5-4-8-17-9-11/h3-9,16H,2,10H2,1H3. The molecule has 0 saturated carbocycles. The molecule has 0 fully saturated rings. The molecule has 0 bridgehead atoms. The molecule has 0 amide bonds. The van der Waals surface area contributed by atoms with E-state index in [0.717, 1.165) is 6.54 Å². The Morgan fingerprint density at radius 1 is 1.28 bits per heavy atom. The van der Waals surface area contributed by atoms with E-state index in [1.54, 1.807) is 36.7 Å². The van der Waals surface area contributed by atoms with Gasteiger partial charge in [-0.25, -0.2) is 4.39 Å². The van der Waals surface area contributed by atoms with Crippen molar-refractivity contribution in [3.63, 3.8) is 0 Å². The summed E-state index contributed by atoms with van der Waals surface area (Å²) < 4.78 is 19.4. The summed E-state index contributed by atoms with van der Waals surface area (Å²) in [6.45, 7) is 3.20. The van der Waals surface area contributed by atoms with E-state index in [2.05, 4.69) is 10.3 Å². The summed E-state index contributed by atoms with van der Waals surface area (Å²) in [5.41, 5.74) is 0.531. The molecular formula is C14H15FN2O. The van der Waals surface area contributed by atoms with Crippen molar-refractivity contribution in [2.75, 3.05) is 6.54 Å². The molecule has 94 valence electrons. The molecule has 0 aliphatic rings. The van der Waals surface area contributed by atoms with E-state index < -0.39 is 0 Å². The number of benzene rings is 1. The summed E-state index contributed by atoms with van der Waals surface area (Å²) in [6, 6.07) is 8.38. The van der Waals surface area contributed by atoms with Gasteiger partial charge in [0.1, 0.15) is 17.3 Å². The molecular weight excluding hydrogens is 231 g/mol. The Labute approximate surface area is 106 Å². The van der Waals surface area contributed by atoms with Gasteiger partial charge in [-0.2, -0.15) is 0 Å². The average molecular weight is 246 g/mol. The Morgan fingerprint density at radius 3 is 2.89 bits per heavy atom. The van der Waals surface area contributed by atoms with Crippen molar-refractivity contribution in [1.29, 1.82) is 0 Å². The largest absolute Gasteiger partial charge is 0.455 e. The number of aromatic nitrogens is 1. The fraction of sp³-hybridized carbons (Fsp3) is 0.214. The maximum Gasteiger partial charge on any atom is 0.145 e. The van der Waals surface area contributed by atoms with Crippen LogP contribution in [0, 0.1) is 5.82 Å². The fourth-order valence-corrected chi connectivity index (χ4v) is 1.59. The lowest BCUT2D eigenvalue weighted by Crippen LogP contribution is -2.13. The van der Waals surface area contributed by atoms with E-state index in [4.69, 9.17) is 4.74 Å². The van der Waals surface area contributed by atoms with E-state index in [-0.39, 0.29) is 5.82 Å². The number of nitrogens with zero attached hydrogens (tertiary/aromatic N) is 1. The van der Waals surface area contributed by atoms with E-state index >= 15 is 0 Å². The van der Waals surface area contributed by atoms with E-state index in [1.807, 2.05) is 6.92 Å². The zero-order valence-electron chi connectivity index (χ0n) is 10.2. The average Bonchev–Trinajstić information content (AvgIpc) is 2.39. The van der Waals surface area contributed by atoms with Crippen molar-refractivity contribution in [3.05, 3.63) is 54.1 Å². The van der Waals surface area contributed by atoms with Gasteiger partial charge in [0.25, 0.3) is 0 Å². The lowest BCUT2D eigenvalue weighted by Gasteiger charge is -2.11. The zero-order chi connectivity index (χ0) is 12.8. The normalized spacial score (nSPS) is 10.3. The molecule has 0 spiro atoms. The summed E-state index contributed by atoms with van der Waals surface area (Å²) in [5.74, 6) is 0.849. The first-order valence-corrected chi connectivity index (χ1v) is 5.87. The second-order valence-corrected chi connectivity index (χ2v) is 3.79. The lowest BCUT2D eigenvalue weighted by molar-refractivity contribution is 0.461. The van der Waals surface area contributed by atoms with Crippen LogP contribution in [0.15, 0.2) is 42.7 Å². The highest BCUT2D eigenvalue weighted by molar-refractivity contribution is 5.38. The fourth-order valence-electron chi connectivity index (χ4n) is 1.59. The van der Waals surface area contributed by atoms with E-state index in [0.29, 0.717) is 23.6 Å². The van der Waals surface area contributed by atoms with Crippen LogP contribution in [0.4, 0.5) is 4.39 Å². The molecule has 1 aromatic carbocycles. The number of hydrogen-bond donors (Lipinski definition) is 1. The van der Waals surface area contributed by atoms with Gasteiger partial charge in [0.15, 0.2) is 0 Å². The van der Waals surface area contributed by atoms with Gasteiger partial charge in [-0.3, -0.25) is 4.98 Å². The quantitative estimate of drug-likeness (QED) is 0.880. The van der Waals surface area contributed by atoms with Crippen LogP contribution in [0.1, 0.15) is 12.5 Å². The minimum absolute atomic E-state index is 0.266. The predicted octanol–water partition coefficient (Wildman–Crippen LogP) is 3.12. The van der Waals surface area contributed by atoms with Crippen molar-refractivity contribution < 1.29 is 9.13 Å². The molecule has 18 heavy (non-hydrogen) atoms. The predicted molar refractivity (Wildman–Crippen MR) is 68.1 cm³/mol. The van der Waals surface area contributed by atoms with Gasteiger partial charge in [-0.05, 0) is 30.8 Å². The van der Waals surface area contributed by atoms with Crippen molar-refractivity contribution >= 4 is 0 Å². The first-order chi connectivity index (χ1) is 8.81. The van der Waals surface area contributed by atoms with E-state index in [9.17, 15) is 4.39 Å². The summed E-state index contributed by atoms with van der Waals surface area (Å²) in [5, 5.41) is 3.10. The molecule has 1 N–H and O–H groups in total. The van der Waals surface area contributed by atoms with Gasteiger partial charge in [0, 0.05) is 18.3 Å². The number of ether oxygens (including phenoxy) is 1. The summed E-state index contributed by atoms with van der Waals surface area (Å²) in [4.78, 5) is 3.96. The maximum atomic E-state index is 13.7. The van der Waals surface area contributed by atoms with Gasteiger partial charge in [0.2, 0.25) is 0 Å². The zero-order valence-corrected chi connectivity index (χ0v) is 10.2. The minimum Gasteiger partial charge on any atom is -0.455 e. The molecule has 0 radical (unpaired) electrons. The molecule has 4 heteroatoms. The van der Waals surface area contributed by atoms with Gasteiger partial charge >= 0.3 is 0 Å². The second-order valence-electron chi connectivity index (χ2n) is 3.79. The third-order valence-corrected chi connectivity index (χ3v) is 2.49. The number of halogens is 1. The highest BCUT2D eigenvalue weighted by Gasteiger charge is 2.09. The van der Waals surface area contributed by atoms with Crippen LogP contribution < -0.4 is 10.1 Å². The van der Waals surface area contributed by atoms with Crippen molar-refractivity contribution in [1.82, 2.24) is 10.3 Å². The summed E-state index contributed by atoms with van der Waals surface area (Å²) >= 11 is 0. The minimum atomic E-state index is -0.266. The van der Waals surface area contributed by atoms with Crippen LogP contribution in [-0.4, -0.2) is 11.5 Å². The SMILES string of the molecule is CCNCc1c(F)cccc1Oc1cccnc1. The number of pyridine rings is 1. The third-order valence-electron chi connectivity index (χ3n) is 2.49. The van der Waals surface area contributed by atoms with Gasteiger partial charge < -0.3 is 10.1 Å². The highest BCUT2D eigenvalue weighted by atomic mass is 19.1. The number of hydrogen-bond acceptors (Lipinski definition) is 3. The molecule has 3 nitrogen and oxygen atoms in total. The van der Waals surface area contributed by atoms with Crippen LogP contribution >= 0.6 is 0 Å². The number of nitrogens with one attached hydrogen (secondary N) is 1. The van der Waals surface area contributed by atoms with Crippen LogP contribution in [-0.2, 0) is 6.54 Å². The first-order valence-electron chi connectivity index (χ1n) is 5.87. The Bertz CT molecular complexity index is 502. The van der Waals surface area contributed by atoms with Crippen molar-refractivity contribution in [2.24, 2.45) is 0 Å². The molecule has 0 aliphatic heterocycles. The van der Waals surface area contributed by atoms with Crippen LogP contribution in [0.25, 0.3) is 0 Å². The van der Waals surface area contributed by atoms with Crippen molar-refractivity contribution in [3.8, 4) is 11.5 Å².